The van der Waals surface area contributed by atoms with E-state index in [1.807, 2.05) is 31.3 Å². The van der Waals surface area contributed by atoms with Crippen molar-refractivity contribution in [2.24, 2.45) is 4.99 Å². The Hall–Kier alpha value is -1.22. The molecule has 4 heteroatoms. The van der Waals surface area contributed by atoms with E-state index in [1.54, 1.807) is 0 Å². The van der Waals surface area contributed by atoms with E-state index < -0.39 is 0 Å². The van der Waals surface area contributed by atoms with E-state index in [2.05, 4.69) is 30.7 Å². The lowest BCUT2D eigenvalue weighted by Crippen LogP contribution is -2.53. The van der Waals surface area contributed by atoms with Gasteiger partial charge in [0, 0.05) is 24.0 Å². The first-order valence-corrected chi connectivity index (χ1v) is 6.51. The lowest BCUT2D eigenvalue weighted by molar-refractivity contribution is 0.0404. The fourth-order valence-corrected chi connectivity index (χ4v) is 2.34. The average molecular weight is 267 g/mol. The number of benzene rings is 1. The van der Waals surface area contributed by atoms with Crippen molar-refractivity contribution >= 4 is 23.3 Å². The Labute approximate surface area is 113 Å². The quantitative estimate of drug-likeness (QED) is 0.771. The minimum absolute atomic E-state index is 0.0507. The van der Waals surface area contributed by atoms with Crippen molar-refractivity contribution < 1.29 is 4.74 Å². The van der Waals surface area contributed by atoms with Crippen LogP contribution in [0.15, 0.2) is 29.3 Å². The molecule has 0 bridgehead atoms. The van der Waals surface area contributed by atoms with Crippen molar-refractivity contribution in [3.63, 3.8) is 0 Å². The maximum Gasteiger partial charge on any atom is 0.293 e. The van der Waals surface area contributed by atoms with Gasteiger partial charge in [0.05, 0.1) is 5.69 Å². The molecular formula is C14H19ClN2O. The third-order valence-corrected chi connectivity index (χ3v) is 3.56. The van der Waals surface area contributed by atoms with Crippen molar-refractivity contribution in [2.75, 3.05) is 7.05 Å². The Balaban J connectivity index is 2.31. The second kappa shape index (κ2) is 4.81. The lowest BCUT2D eigenvalue weighted by Gasteiger charge is -2.44. The third-order valence-electron chi connectivity index (χ3n) is 3.32. The Morgan fingerprint density at radius 2 is 2.17 bits per heavy atom. The molecule has 0 aromatic heterocycles. The first-order chi connectivity index (χ1) is 8.38. The molecule has 1 aromatic carbocycles. The van der Waals surface area contributed by atoms with Crippen LogP contribution in [0, 0.1) is 0 Å². The van der Waals surface area contributed by atoms with Crippen molar-refractivity contribution in [2.45, 2.75) is 38.8 Å². The summed E-state index contributed by atoms with van der Waals surface area (Å²) in [4.78, 5) is 6.62. The number of ether oxygens (including phenoxy) is 1. The summed E-state index contributed by atoms with van der Waals surface area (Å²) in [5.41, 5.74) is 0.865. The molecule has 1 heterocycles. The summed E-state index contributed by atoms with van der Waals surface area (Å²) in [7, 11) is 2.01. The van der Waals surface area contributed by atoms with E-state index >= 15 is 0 Å². The van der Waals surface area contributed by atoms with Gasteiger partial charge < -0.3 is 9.64 Å². The van der Waals surface area contributed by atoms with Gasteiger partial charge in [0.15, 0.2) is 0 Å². The topological polar surface area (TPSA) is 24.8 Å². The van der Waals surface area contributed by atoms with Gasteiger partial charge in [-0.3, -0.25) is 0 Å². The summed E-state index contributed by atoms with van der Waals surface area (Å²) in [6.07, 6.45) is 1.16. The first-order valence-electron chi connectivity index (χ1n) is 6.13. The summed E-state index contributed by atoms with van der Waals surface area (Å²) in [5.74, 6) is 0. The largest absolute Gasteiger partial charge is 0.462 e. The molecule has 1 aromatic rings. The number of amidine groups is 1. The van der Waals surface area contributed by atoms with Crippen LogP contribution in [0.1, 0.15) is 27.2 Å². The Morgan fingerprint density at radius 3 is 2.83 bits per heavy atom. The van der Waals surface area contributed by atoms with E-state index in [0.717, 1.165) is 12.1 Å². The molecule has 0 amide bonds. The number of aliphatic imine (C=N–C) groups is 1. The smallest absolute Gasteiger partial charge is 0.293 e. The normalized spacial score (nSPS) is 25.1. The van der Waals surface area contributed by atoms with Gasteiger partial charge in [-0.1, -0.05) is 17.7 Å². The first kappa shape index (κ1) is 13.2. The lowest BCUT2D eigenvalue weighted by atomic mass is 9.94. The Kier molecular flexibility index (Phi) is 3.53. The summed E-state index contributed by atoms with van der Waals surface area (Å²) in [5, 5.41) is 0.683. The van der Waals surface area contributed by atoms with Gasteiger partial charge >= 0.3 is 0 Å². The molecule has 1 unspecified atom stereocenters. The van der Waals surface area contributed by atoms with Crippen LogP contribution < -0.4 is 0 Å². The fourth-order valence-electron chi connectivity index (χ4n) is 2.16. The Morgan fingerprint density at radius 1 is 1.44 bits per heavy atom. The molecule has 1 aliphatic heterocycles. The van der Waals surface area contributed by atoms with Gasteiger partial charge in [-0.25, -0.2) is 0 Å². The monoisotopic (exact) mass is 266 g/mol. The number of nitrogens with zero attached hydrogens (tertiary/aromatic N) is 2. The van der Waals surface area contributed by atoms with E-state index in [4.69, 9.17) is 16.3 Å². The number of hydrogen-bond acceptors (Lipinski definition) is 2. The molecule has 0 aliphatic carbocycles. The number of hydrogen-bond donors (Lipinski definition) is 0. The highest BCUT2D eigenvalue weighted by atomic mass is 35.5. The van der Waals surface area contributed by atoms with Crippen molar-refractivity contribution in [3.8, 4) is 0 Å². The molecule has 1 atom stereocenters. The fraction of sp³-hybridized carbons (Fsp3) is 0.500. The zero-order valence-corrected chi connectivity index (χ0v) is 12.0. The minimum Gasteiger partial charge on any atom is -0.462 e. The van der Waals surface area contributed by atoms with Gasteiger partial charge in [0.1, 0.15) is 6.10 Å². The molecule has 0 N–H and O–H groups in total. The van der Waals surface area contributed by atoms with Crippen LogP contribution in [-0.2, 0) is 4.74 Å². The highest BCUT2D eigenvalue weighted by Crippen LogP contribution is 2.28. The molecule has 3 nitrogen and oxygen atoms in total. The van der Waals surface area contributed by atoms with Crippen molar-refractivity contribution in [3.05, 3.63) is 29.3 Å². The molecule has 1 aliphatic rings. The molecule has 98 valence electrons. The number of halogens is 1. The Bertz CT molecular complexity index is 471. The molecule has 0 saturated carbocycles. The summed E-state index contributed by atoms with van der Waals surface area (Å²) in [6, 6.07) is 8.13. The molecular weight excluding hydrogens is 248 g/mol. The molecule has 18 heavy (non-hydrogen) atoms. The predicted molar refractivity (Wildman–Crippen MR) is 75.6 cm³/mol. The molecule has 0 spiro atoms. The highest BCUT2D eigenvalue weighted by Gasteiger charge is 2.35. The zero-order valence-electron chi connectivity index (χ0n) is 11.3. The van der Waals surface area contributed by atoms with E-state index in [-0.39, 0.29) is 11.6 Å². The second-order valence-electron chi connectivity index (χ2n) is 5.38. The van der Waals surface area contributed by atoms with Crippen LogP contribution in [-0.4, -0.2) is 29.6 Å². The highest BCUT2D eigenvalue weighted by molar-refractivity contribution is 6.30. The third kappa shape index (κ3) is 2.78. The zero-order chi connectivity index (χ0) is 13.3. The van der Waals surface area contributed by atoms with Crippen LogP contribution in [0.2, 0.25) is 5.02 Å². The minimum atomic E-state index is 0.0507. The maximum atomic E-state index is 5.96. The van der Waals surface area contributed by atoms with Crippen LogP contribution in [0.3, 0.4) is 0 Å². The van der Waals surface area contributed by atoms with Crippen molar-refractivity contribution in [1.29, 1.82) is 0 Å². The van der Waals surface area contributed by atoms with Crippen LogP contribution in [0.4, 0.5) is 5.69 Å². The predicted octanol–water partition coefficient (Wildman–Crippen LogP) is 3.85. The van der Waals surface area contributed by atoms with Gasteiger partial charge in [0.2, 0.25) is 0 Å². The van der Waals surface area contributed by atoms with Gasteiger partial charge in [-0.05, 0) is 39.0 Å². The number of rotatable bonds is 1. The summed E-state index contributed by atoms with van der Waals surface area (Å²) in [6.45, 7) is 6.46. The van der Waals surface area contributed by atoms with E-state index in [1.165, 1.54) is 0 Å². The van der Waals surface area contributed by atoms with Crippen LogP contribution in [0.25, 0.3) is 0 Å². The van der Waals surface area contributed by atoms with Gasteiger partial charge in [-0.15, -0.1) is 0 Å². The molecule has 1 fully saturated rings. The molecule has 1 saturated heterocycles. The van der Waals surface area contributed by atoms with Crippen molar-refractivity contribution in [1.82, 2.24) is 4.90 Å². The average Bonchev–Trinajstić information content (AvgIpc) is 2.24. The van der Waals surface area contributed by atoms with Crippen LogP contribution >= 0.6 is 11.6 Å². The SMILES string of the molecule is CC1CC(C)(C)N(C)C(=Nc2cccc(Cl)c2)O1. The summed E-state index contributed by atoms with van der Waals surface area (Å²) >= 11 is 5.96. The van der Waals surface area contributed by atoms with Gasteiger partial charge in [0.25, 0.3) is 6.02 Å². The van der Waals surface area contributed by atoms with Crippen LogP contribution in [0.5, 0.6) is 0 Å². The summed E-state index contributed by atoms with van der Waals surface area (Å²) < 4.78 is 5.81. The van der Waals surface area contributed by atoms with E-state index in [0.29, 0.717) is 11.0 Å². The molecule has 0 radical (unpaired) electrons. The second-order valence-corrected chi connectivity index (χ2v) is 5.81. The maximum absolute atomic E-state index is 5.96. The van der Waals surface area contributed by atoms with Gasteiger partial charge in [-0.2, -0.15) is 4.99 Å². The van der Waals surface area contributed by atoms with E-state index in [9.17, 15) is 0 Å². The molecule has 2 rings (SSSR count). The standard InChI is InChI=1S/C14H19ClN2O/c1-10-9-14(2,3)17(4)13(18-10)16-12-7-5-6-11(15)8-12/h5-8,10H,9H2,1-4H3.